The van der Waals surface area contributed by atoms with E-state index in [1.54, 1.807) is 0 Å². The van der Waals surface area contributed by atoms with Crippen LogP contribution >= 0.6 is 0 Å². The fraction of sp³-hybridized carbons (Fsp3) is 0.312. The number of rotatable bonds is 4. The third-order valence-corrected chi connectivity index (χ3v) is 3.29. The van der Waals surface area contributed by atoms with Crippen molar-refractivity contribution in [2.45, 2.75) is 26.4 Å². The largest absolute Gasteiger partial charge is 0.498 e. The molecule has 0 aromatic heterocycles. The van der Waals surface area contributed by atoms with E-state index in [0.29, 0.717) is 6.23 Å². The lowest BCUT2D eigenvalue weighted by molar-refractivity contribution is -0.154. The molecule has 0 spiro atoms. The van der Waals surface area contributed by atoms with Crippen LogP contribution in [0.2, 0.25) is 0 Å². The van der Waals surface area contributed by atoms with Gasteiger partial charge in [0, 0.05) is 6.92 Å². The smallest absolute Gasteiger partial charge is 0.303 e. The molecule has 3 radical (unpaired) electrons. The Bertz CT molecular complexity index is 635. The summed E-state index contributed by atoms with van der Waals surface area (Å²) in [7, 11) is 3.29. The summed E-state index contributed by atoms with van der Waals surface area (Å²) >= 11 is 0. The topological polar surface area (TPSA) is 35.5 Å². The summed E-state index contributed by atoms with van der Waals surface area (Å²) in [6, 6.07) is 11.9. The fourth-order valence-electron chi connectivity index (χ4n) is 2.19. The first-order chi connectivity index (χ1) is 9.42. The van der Waals surface area contributed by atoms with E-state index < -0.39 is 5.60 Å². The zero-order valence-electron chi connectivity index (χ0n) is 11.9. The number of benzene rings is 2. The van der Waals surface area contributed by atoms with Crippen LogP contribution in [0.15, 0.2) is 36.4 Å². The van der Waals surface area contributed by atoms with Crippen LogP contribution in [0.25, 0.3) is 10.8 Å². The molecule has 0 saturated carbocycles. The SMILES string of the molecule is CC(=O)OC(C)(C)c1ccc2cc(OC[Si])ccc2c1. The molecule has 3 nitrogen and oxygen atoms in total. The monoisotopic (exact) mass is 285 g/mol. The van der Waals surface area contributed by atoms with Crippen LogP contribution in [0.5, 0.6) is 5.75 Å². The van der Waals surface area contributed by atoms with Crippen molar-refractivity contribution in [3.05, 3.63) is 42.0 Å². The number of fused-ring (bicyclic) bond motifs is 1. The quantitative estimate of drug-likeness (QED) is 0.639. The first-order valence-electron chi connectivity index (χ1n) is 6.43. The molecule has 0 saturated heterocycles. The van der Waals surface area contributed by atoms with Gasteiger partial charge in [0.1, 0.15) is 11.4 Å². The molecule has 4 heteroatoms. The molecule has 2 aromatic rings. The van der Waals surface area contributed by atoms with E-state index in [-0.39, 0.29) is 5.97 Å². The average Bonchev–Trinajstić information content (AvgIpc) is 2.37. The highest BCUT2D eigenvalue weighted by Gasteiger charge is 2.23. The van der Waals surface area contributed by atoms with Gasteiger partial charge < -0.3 is 9.47 Å². The van der Waals surface area contributed by atoms with Gasteiger partial charge in [-0.3, -0.25) is 4.79 Å². The van der Waals surface area contributed by atoms with Crippen molar-refractivity contribution in [3.63, 3.8) is 0 Å². The predicted octanol–water partition coefficient (Wildman–Crippen LogP) is 3.14. The van der Waals surface area contributed by atoms with E-state index in [4.69, 9.17) is 9.47 Å². The Morgan fingerprint density at radius 1 is 1.15 bits per heavy atom. The van der Waals surface area contributed by atoms with Crippen molar-refractivity contribution in [2.24, 2.45) is 0 Å². The van der Waals surface area contributed by atoms with Gasteiger partial charge in [0.25, 0.3) is 0 Å². The van der Waals surface area contributed by atoms with E-state index in [1.165, 1.54) is 6.92 Å². The molecule has 0 N–H and O–H groups in total. The lowest BCUT2D eigenvalue weighted by Gasteiger charge is -2.25. The number of ether oxygens (including phenoxy) is 2. The Kier molecular flexibility index (Phi) is 4.14. The zero-order chi connectivity index (χ0) is 14.8. The van der Waals surface area contributed by atoms with Gasteiger partial charge in [-0.15, -0.1) is 0 Å². The summed E-state index contributed by atoms with van der Waals surface area (Å²) in [6.07, 6.45) is 0.461. The molecule has 0 bridgehead atoms. The normalized spacial score (nSPS) is 11.4. The minimum atomic E-state index is -0.634. The van der Waals surface area contributed by atoms with E-state index in [0.717, 1.165) is 22.1 Å². The van der Waals surface area contributed by atoms with Crippen molar-refractivity contribution in [1.29, 1.82) is 0 Å². The molecular formula is C16H17O3Si. The molecule has 0 amide bonds. The Labute approximate surface area is 122 Å². The van der Waals surface area contributed by atoms with Crippen molar-refractivity contribution in [2.75, 3.05) is 6.23 Å². The van der Waals surface area contributed by atoms with Gasteiger partial charge in [-0.2, -0.15) is 0 Å². The summed E-state index contributed by atoms with van der Waals surface area (Å²) in [5.74, 6) is 0.537. The third-order valence-electron chi connectivity index (χ3n) is 3.14. The number of hydrogen-bond donors (Lipinski definition) is 0. The summed E-state index contributed by atoms with van der Waals surface area (Å²) < 4.78 is 10.8. The van der Waals surface area contributed by atoms with Crippen LogP contribution in [0.3, 0.4) is 0 Å². The molecule has 0 aliphatic carbocycles. The maximum absolute atomic E-state index is 11.2. The minimum absolute atomic E-state index is 0.282. The fourth-order valence-corrected chi connectivity index (χ4v) is 2.36. The van der Waals surface area contributed by atoms with E-state index in [9.17, 15) is 4.79 Å². The van der Waals surface area contributed by atoms with E-state index >= 15 is 0 Å². The second-order valence-corrected chi connectivity index (χ2v) is 5.41. The molecule has 0 atom stereocenters. The first-order valence-corrected chi connectivity index (χ1v) is 7.14. The molecule has 0 fully saturated rings. The van der Waals surface area contributed by atoms with Crippen LogP contribution in [0.1, 0.15) is 26.3 Å². The Morgan fingerprint density at radius 2 is 1.80 bits per heavy atom. The Morgan fingerprint density at radius 3 is 2.45 bits per heavy atom. The molecule has 20 heavy (non-hydrogen) atoms. The van der Waals surface area contributed by atoms with Gasteiger partial charge in [0.05, 0.1) is 16.5 Å². The number of hydrogen-bond acceptors (Lipinski definition) is 3. The summed E-state index contributed by atoms with van der Waals surface area (Å²) in [5.41, 5.74) is 0.333. The number of carbonyl (C=O) groups excluding carboxylic acids is 1. The third kappa shape index (κ3) is 3.19. The summed E-state index contributed by atoms with van der Waals surface area (Å²) in [4.78, 5) is 11.2. The van der Waals surface area contributed by atoms with Gasteiger partial charge in [0.2, 0.25) is 0 Å². The van der Waals surface area contributed by atoms with Crippen molar-refractivity contribution in [1.82, 2.24) is 0 Å². The molecule has 0 unspecified atom stereocenters. The number of esters is 1. The second-order valence-electron chi connectivity index (χ2n) is 5.12. The molecule has 103 valence electrons. The molecule has 0 aliphatic heterocycles. The van der Waals surface area contributed by atoms with Gasteiger partial charge in [-0.05, 0) is 48.4 Å². The Balaban J connectivity index is 2.39. The zero-order valence-corrected chi connectivity index (χ0v) is 12.9. The van der Waals surface area contributed by atoms with Crippen LogP contribution in [-0.2, 0) is 15.1 Å². The lowest BCUT2D eigenvalue weighted by atomic mass is 9.95. The van der Waals surface area contributed by atoms with E-state index in [2.05, 4.69) is 10.2 Å². The highest BCUT2D eigenvalue weighted by atomic mass is 28.1. The average molecular weight is 285 g/mol. The van der Waals surface area contributed by atoms with Gasteiger partial charge >= 0.3 is 5.97 Å². The molecular weight excluding hydrogens is 268 g/mol. The van der Waals surface area contributed by atoms with E-state index in [1.807, 2.05) is 50.2 Å². The maximum atomic E-state index is 11.2. The van der Waals surface area contributed by atoms with Gasteiger partial charge in [0.15, 0.2) is 0 Å². The summed E-state index contributed by atoms with van der Waals surface area (Å²) in [6.45, 7) is 5.20. The van der Waals surface area contributed by atoms with Gasteiger partial charge in [-0.25, -0.2) is 0 Å². The van der Waals surface area contributed by atoms with Crippen LogP contribution in [0.4, 0.5) is 0 Å². The highest BCUT2D eigenvalue weighted by Crippen LogP contribution is 2.29. The standard InChI is InChI=1S/C16H17O3Si/c1-11(17)19-16(2,3)14-6-4-13-9-15(18-10-20)7-5-12(13)8-14/h4-9H,10H2,1-3H3. The predicted molar refractivity (Wildman–Crippen MR) is 80.0 cm³/mol. The second kappa shape index (κ2) is 5.67. The first kappa shape index (κ1) is 14.6. The summed E-state index contributed by atoms with van der Waals surface area (Å²) in [5, 5.41) is 2.18. The van der Waals surface area contributed by atoms with Crippen molar-refractivity contribution in [3.8, 4) is 5.75 Å². The molecule has 0 heterocycles. The number of carbonyl (C=O) groups is 1. The molecule has 2 rings (SSSR count). The van der Waals surface area contributed by atoms with Crippen LogP contribution in [0, 0.1) is 0 Å². The van der Waals surface area contributed by atoms with Crippen molar-refractivity contribution < 1.29 is 14.3 Å². The minimum Gasteiger partial charge on any atom is -0.498 e. The molecule has 2 aromatic carbocycles. The lowest BCUT2D eigenvalue weighted by Crippen LogP contribution is -2.24. The molecule has 0 aliphatic rings. The Hall–Kier alpha value is -1.81. The van der Waals surface area contributed by atoms with Crippen LogP contribution < -0.4 is 4.74 Å². The van der Waals surface area contributed by atoms with Crippen molar-refractivity contribution >= 4 is 27.0 Å². The maximum Gasteiger partial charge on any atom is 0.303 e. The van der Waals surface area contributed by atoms with Crippen LogP contribution in [-0.4, -0.2) is 22.4 Å². The highest BCUT2D eigenvalue weighted by molar-refractivity contribution is 6.08. The van der Waals surface area contributed by atoms with Gasteiger partial charge in [-0.1, -0.05) is 18.2 Å².